The minimum absolute atomic E-state index is 0.224. The summed E-state index contributed by atoms with van der Waals surface area (Å²) in [7, 11) is 0. The van der Waals surface area contributed by atoms with Gasteiger partial charge in [-0.25, -0.2) is 4.79 Å². The third kappa shape index (κ3) is 5.62. The SMILES string of the molecule is N#Cc1ccc(OCC(=O)Oc2ccc(OCc3ccccc3)cc2)cc1. The highest BCUT2D eigenvalue weighted by atomic mass is 16.6. The van der Waals surface area contributed by atoms with Crippen molar-refractivity contribution in [3.05, 3.63) is 90.0 Å². The lowest BCUT2D eigenvalue weighted by molar-refractivity contribution is -0.136. The molecule has 0 aliphatic heterocycles. The Hall–Kier alpha value is -3.78. The zero-order valence-electron chi connectivity index (χ0n) is 14.5. The summed E-state index contributed by atoms with van der Waals surface area (Å²) < 4.78 is 16.3. The van der Waals surface area contributed by atoms with Crippen molar-refractivity contribution >= 4 is 5.97 Å². The van der Waals surface area contributed by atoms with Crippen molar-refractivity contribution in [2.75, 3.05) is 6.61 Å². The van der Waals surface area contributed by atoms with Crippen molar-refractivity contribution < 1.29 is 19.0 Å². The van der Waals surface area contributed by atoms with Gasteiger partial charge in [0.1, 0.15) is 23.9 Å². The number of benzene rings is 3. The van der Waals surface area contributed by atoms with Crippen molar-refractivity contribution in [2.45, 2.75) is 6.61 Å². The molecule has 0 aliphatic rings. The van der Waals surface area contributed by atoms with Gasteiger partial charge in [0, 0.05) is 0 Å². The quantitative estimate of drug-likeness (QED) is 0.469. The van der Waals surface area contributed by atoms with Gasteiger partial charge < -0.3 is 14.2 Å². The fourth-order valence-corrected chi connectivity index (χ4v) is 2.27. The second-order valence-corrected chi connectivity index (χ2v) is 5.64. The summed E-state index contributed by atoms with van der Waals surface area (Å²) in [4.78, 5) is 11.9. The molecule has 0 spiro atoms. The van der Waals surface area contributed by atoms with E-state index in [0.29, 0.717) is 29.4 Å². The fourth-order valence-electron chi connectivity index (χ4n) is 2.27. The summed E-state index contributed by atoms with van der Waals surface area (Å²) in [5, 5.41) is 8.75. The van der Waals surface area contributed by atoms with Gasteiger partial charge >= 0.3 is 5.97 Å². The lowest BCUT2D eigenvalue weighted by atomic mass is 10.2. The van der Waals surface area contributed by atoms with Crippen molar-refractivity contribution in [1.29, 1.82) is 5.26 Å². The largest absolute Gasteiger partial charge is 0.489 e. The minimum Gasteiger partial charge on any atom is -0.489 e. The summed E-state index contributed by atoms with van der Waals surface area (Å²) in [5.41, 5.74) is 1.60. The first kappa shape index (κ1) is 18.0. The minimum atomic E-state index is -0.516. The van der Waals surface area contributed by atoms with E-state index in [0.717, 1.165) is 5.56 Å². The summed E-state index contributed by atoms with van der Waals surface area (Å²) >= 11 is 0. The van der Waals surface area contributed by atoms with Gasteiger partial charge in [-0.05, 0) is 54.1 Å². The summed E-state index contributed by atoms with van der Waals surface area (Å²) in [6.45, 7) is 0.247. The molecule has 0 amide bonds. The van der Waals surface area contributed by atoms with Gasteiger partial charge in [0.15, 0.2) is 6.61 Å². The van der Waals surface area contributed by atoms with Gasteiger partial charge in [-0.15, -0.1) is 0 Å². The molecule has 134 valence electrons. The van der Waals surface area contributed by atoms with E-state index in [2.05, 4.69) is 0 Å². The molecular formula is C22H17NO4. The molecule has 3 aromatic carbocycles. The van der Waals surface area contributed by atoms with E-state index in [9.17, 15) is 4.79 Å². The zero-order chi connectivity index (χ0) is 18.9. The molecule has 0 atom stereocenters. The zero-order valence-corrected chi connectivity index (χ0v) is 14.5. The van der Waals surface area contributed by atoms with Gasteiger partial charge in [0.05, 0.1) is 11.6 Å². The van der Waals surface area contributed by atoms with Crippen LogP contribution in [-0.4, -0.2) is 12.6 Å². The summed E-state index contributed by atoms with van der Waals surface area (Å²) in [6.07, 6.45) is 0. The summed E-state index contributed by atoms with van der Waals surface area (Å²) in [6, 6.07) is 25.2. The molecule has 0 aliphatic carbocycles. The molecule has 0 fully saturated rings. The standard InChI is InChI=1S/C22H17NO4/c23-14-17-6-8-19(9-7-17)26-16-22(24)27-21-12-10-20(11-13-21)25-15-18-4-2-1-3-5-18/h1-13H,15-16H2. The number of hydrogen-bond donors (Lipinski definition) is 0. The monoisotopic (exact) mass is 359 g/mol. The Morgan fingerprint density at radius 1 is 0.778 bits per heavy atom. The Morgan fingerprint density at radius 3 is 2.04 bits per heavy atom. The van der Waals surface area contributed by atoms with Crippen molar-refractivity contribution in [3.8, 4) is 23.3 Å². The van der Waals surface area contributed by atoms with Crippen LogP contribution in [0.5, 0.6) is 17.2 Å². The second kappa shape index (κ2) is 9.07. The highest BCUT2D eigenvalue weighted by Gasteiger charge is 2.07. The summed E-state index contributed by atoms with van der Waals surface area (Å²) in [5.74, 6) is 1.08. The molecule has 0 saturated heterocycles. The Labute approximate surface area is 157 Å². The highest BCUT2D eigenvalue weighted by Crippen LogP contribution is 2.19. The van der Waals surface area contributed by atoms with Crippen LogP contribution in [0.3, 0.4) is 0 Å². The van der Waals surface area contributed by atoms with Gasteiger partial charge in [-0.1, -0.05) is 30.3 Å². The normalized spacial score (nSPS) is 9.89. The van der Waals surface area contributed by atoms with Crippen LogP contribution in [0.1, 0.15) is 11.1 Å². The van der Waals surface area contributed by atoms with Crippen LogP contribution in [-0.2, 0) is 11.4 Å². The lowest BCUT2D eigenvalue weighted by Crippen LogP contribution is -2.17. The molecule has 3 aromatic rings. The fraction of sp³-hybridized carbons (Fsp3) is 0.0909. The first-order valence-corrected chi connectivity index (χ1v) is 8.33. The number of rotatable bonds is 7. The molecule has 0 heterocycles. The van der Waals surface area contributed by atoms with Crippen LogP contribution >= 0.6 is 0 Å². The maximum absolute atomic E-state index is 11.9. The van der Waals surface area contributed by atoms with E-state index in [1.54, 1.807) is 48.5 Å². The maximum atomic E-state index is 11.9. The molecule has 5 heteroatoms. The highest BCUT2D eigenvalue weighted by molar-refractivity contribution is 5.74. The average molecular weight is 359 g/mol. The Bertz CT molecular complexity index is 913. The molecule has 0 saturated carbocycles. The number of carbonyl (C=O) groups excluding carboxylic acids is 1. The van der Waals surface area contributed by atoms with E-state index in [-0.39, 0.29) is 6.61 Å². The third-order valence-electron chi connectivity index (χ3n) is 3.64. The number of nitriles is 1. The predicted octanol–water partition coefficient (Wildman–Crippen LogP) is 4.12. The smallest absolute Gasteiger partial charge is 0.349 e. The molecule has 0 unspecified atom stereocenters. The lowest BCUT2D eigenvalue weighted by Gasteiger charge is -2.09. The Balaban J connectivity index is 1.45. The number of esters is 1. The van der Waals surface area contributed by atoms with Crippen molar-refractivity contribution in [1.82, 2.24) is 0 Å². The van der Waals surface area contributed by atoms with Gasteiger partial charge in [-0.3, -0.25) is 0 Å². The molecule has 0 N–H and O–H groups in total. The Kier molecular flexibility index (Phi) is 6.05. The average Bonchev–Trinajstić information content (AvgIpc) is 2.73. The molecule has 0 bridgehead atoms. The van der Waals surface area contributed by atoms with E-state index in [1.165, 1.54) is 0 Å². The Morgan fingerprint density at radius 2 is 1.37 bits per heavy atom. The molecule has 27 heavy (non-hydrogen) atoms. The van der Waals surface area contributed by atoms with Gasteiger partial charge in [0.25, 0.3) is 0 Å². The topological polar surface area (TPSA) is 68.5 Å². The van der Waals surface area contributed by atoms with Gasteiger partial charge in [-0.2, -0.15) is 5.26 Å². The van der Waals surface area contributed by atoms with Crippen LogP contribution < -0.4 is 14.2 Å². The van der Waals surface area contributed by atoms with Crippen molar-refractivity contribution in [2.24, 2.45) is 0 Å². The van der Waals surface area contributed by atoms with Crippen LogP contribution in [0, 0.1) is 11.3 Å². The van der Waals surface area contributed by atoms with E-state index in [1.807, 2.05) is 36.4 Å². The first-order chi connectivity index (χ1) is 13.2. The molecule has 5 nitrogen and oxygen atoms in total. The van der Waals surface area contributed by atoms with Gasteiger partial charge in [0.2, 0.25) is 0 Å². The van der Waals surface area contributed by atoms with E-state index in [4.69, 9.17) is 19.5 Å². The van der Waals surface area contributed by atoms with Crippen molar-refractivity contribution in [3.63, 3.8) is 0 Å². The van der Waals surface area contributed by atoms with E-state index < -0.39 is 5.97 Å². The van der Waals surface area contributed by atoms with Crippen LogP contribution in [0.25, 0.3) is 0 Å². The number of carbonyl (C=O) groups is 1. The molecular weight excluding hydrogens is 342 g/mol. The second-order valence-electron chi connectivity index (χ2n) is 5.64. The number of ether oxygens (including phenoxy) is 3. The predicted molar refractivity (Wildman–Crippen MR) is 99.5 cm³/mol. The third-order valence-corrected chi connectivity index (χ3v) is 3.64. The molecule has 3 rings (SSSR count). The van der Waals surface area contributed by atoms with Crippen LogP contribution in [0.15, 0.2) is 78.9 Å². The van der Waals surface area contributed by atoms with E-state index >= 15 is 0 Å². The number of nitrogens with zero attached hydrogens (tertiary/aromatic N) is 1. The maximum Gasteiger partial charge on any atom is 0.349 e. The number of hydrogen-bond acceptors (Lipinski definition) is 5. The molecule has 0 radical (unpaired) electrons. The van der Waals surface area contributed by atoms with Crippen LogP contribution in [0.4, 0.5) is 0 Å². The van der Waals surface area contributed by atoms with Crippen LogP contribution in [0.2, 0.25) is 0 Å². The first-order valence-electron chi connectivity index (χ1n) is 8.33. The molecule has 0 aromatic heterocycles.